The molecule has 0 atom stereocenters. The number of urea groups is 1. The zero-order valence-corrected chi connectivity index (χ0v) is 12.7. The van der Waals surface area contributed by atoms with Crippen molar-refractivity contribution in [3.8, 4) is 0 Å². The Morgan fingerprint density at radius 3 is 2.90 bits per heavy atom. The van der Waals surface area contributed by atoms with Gasteiger partial charge in [0.1, 0.15) is 0 Å². The predicted octanol–water partition coefficient (Wildman–Crippen LogP) is 2.93. The van der Waals surface area contributed by atoms with Crippen molar-refractivity contribution in [2.45, 2.75) is 25.4 Å². The number of fused-ring (bicyclic) bond motifs is 1. The fraction of sp³-hybridized carbons (Fsp3) is 0.375. The van der Waals surface area contributed by atoms with Gasteiger partial charge in [-0.1, -0.05) is 24.3 Å². The normalized spacial score (nSPS) is 15.8. The highest BCUT2D eigenvalue weighted by atomic mass is 32.2. The number of thioether (sulfide) groups is 1. The highest BCUT2D eigenvalue weighted by Crippen LogP contribution is 2.17. The SMILES string of the molecule is O=C(NCc1cccc2cccnc12)NC1CCSCC1. The molecular formula is C16H19N3OS. The summed E-state index contributed by atoms with van der Waals surface area (Å²) in [6.07, 6.45) is 3.91. The fourth-order valence-electron chi connectivity index (χ4n) is 2.56. The molecule has 110 valence electrons. The van der Waals surface area contributed by atoms with Crippen LogP contribution in [0, 0.1) is 0 Å². The van der Waals surface area contributed by atoms with Gasteiger partial charge in [-0.25, -0.2) is 4.79 Å². The summed E-state index contributed by atoms with van der Waals surface area (Å²) in [7, 11) is 0. The standard InChI is InChI=1S/C16H19N3OS/c20-16(19-14-6-9-21-10-7-14)18-11-13-4-1-3-12-5-2-8-17-15(12)13/h1-5,8,14H,6-7,9-11H2,(H2,18,19,20). The van der Waals surface area contributed by atoms with E-state index in [1.165, 1.54) is 0 Å². The topological polar surface area (TPSA) is 54.0 Å². The van der Waals surface area contributed by atoms with E-state index in [0.717, 1.165) is 40.8 Å². The van der Waals surface area contributed by atoms with E-state index in [9.17, 15) is 4.79 Å². The molecule has 1 aromatic heterocycles. The average molecular weight is 301 g/mol. The highest BCUT2D eigenvalue weighted by molar-refractivity contribution is 7.99. The highest BCUT2D eigenvalue weighted by Gasteiger charge is 2.15. The Morgan fingerprint density at radius 2 is 2.05 bits per heavy atom. The van der Waals surface area contributed by atoms with Gasteiger partial charge in [0.15, 0.2) is 0 Å². The molecule has 0 unspecified atom stereocenters. The number of hydrogen-bond acceptors (Lipinski definition) is 3. The molecule has 0 spiro atoms. The summed E-state index contributed by atoms with van der Waals surface area (Å²) >= 11 is 1.96. The lowest BCUT2D eigenvalue weighted by atomic mass is 10.1. The van der Waals surface area contributed by atoms with Crippen LogP contribution in [0.25, 0.3) is 10.9 Å². The van der Waals surface area contributed by atoms with Crippen molar-refractivity contribution in [2.24, 2.45) is 0 Å². The van der Waals surface area contributed by atoms with E-state index < -0.39 is 0 Å². The van der Waals surface area contributed by atoms with Crippen molar-refractivity contribution >= 4 is 28.7 Å². The first kappa shape index (κ1) is 14.2. The third-order valence-electron chi connectivity index (χ3n) is 3.71. The molecule has 1 aliphatic rings. The molecule has 4 nitrogen and oxygen atoms in total. The molecule has 5 heteroatoms. The summed E-state index contributed by atoms with van der Waals surface area (Å²) in [5.74, 6) is 2.27. The predicted molar refractivity (Wildman–Crippen MR) is 87.5 cm³/mol. The maximum atomic E-state index is 12.0. The maximum Gasteiger partial charge on any atom is 0.315 e. The molecule has 2 heterocycles. The van der Waals surface area contributed by atoms with Gasteiger partial charge in [-0.15, -0.1) is 0 Å². The molecule has 1 saturated heterocycles. The van der Waals surface area contributed by atoms with Crippen LogP contribution in [0.1, 0.15) is 18.4 Å². The summed E-state index contributed by atoms with van der Waals surface area (Å²) in [5.41, 5.74) is 2.00. The maximum absolute atomic E-state index is 12.0. The Hall–Kier alpha value is -1.75. The second-order valence-corrected chi connectivity index (χ2v) is 6.43. The number of rotatable bonds is 3. The Labute approximate surface area is 128 Å². The first-order valence-corrected chi connectivity index (χ1v) is 8.43. The van der Waals surface area contributed by atoms with Gasteiger partial charge in [-0.2, -0.15) is 11.8 Å². The lowest BCUT2D eigenvalue weighted by Gasteiger charge is -2.22. The quantitative estimate of drug-likeness (QED) is 0.916. The van der Waals surface area contributed by atoms with Gasteiger partial charge >= 0.3 is 6.03 Å². The van der Waals surface area contributed by atoms with Crippen LogP contribution < -0.4 is 10.6 Å². The number of pyridine rings is 1. The van der Waals surface area contributed by atoms with E-state index in [-0.39, 0.29) is 6.03 Å². The van der Waals surface area contributed by atoms with Crippen molar-refractivity contribution in [1.29, 1.82) is 0 Å². The first-order valence-electron chi connectivity index (χ1n) is 7.27. The molecule has 3 rings (SSSR count). The lowest BCUT2D eigenvalue weighted by Crippen LogP contribution is -2.43. The summed E-state index contributed by atoms with van der Waals surface area (Å²) in [4.78, 5) is 16.4. The molecule has 0 bridgehead atoms. The van der Waals surface area contributed by atoms with Crippen molar-refractivity contribution in [2.75, 3.05) is 11.5 Å². The second-order valence-electron chi connectivity index (χ2n) is 5.21. The molecule has 21 heavy (non-hydrogen) atoms. The lowest BCUT2D eigenvalue weighted by molar-refractivity contribution is 0.235. The Morgan fingerprint density at radius 1 is 1.24 bits per heavy atom. The number of para-hydroxylation sites is 1. The molecule has 1 fully saturated rings. The van der Waals surface area contributed by atoms with E-state index in [4.69, 9.17) is 0 Å². The van der Waals surface area contributed by atoms with Gasteiger partial charge in [-0.3, -0.25) is 4.98 Å². The zero-order valence-electron chi connectivity index (χ0n) is 11.8. The molecule has 0 saturated carbocycles. The number of hydrogen-bond donors (Lipinski definition) is 2. The van der Waals surface area contributed by atoms with Crippen LogP contribution in [0.2, 0.25) is 0 Å². The van der Waals surface area contributed by atoms with Gasteiger partial charge in [-0.05, 0) is 36.0 Å². The van der Waals surface area contributed by atoms with E-state index in [1.807, 2.05) is 42.1 Å². The number of carbonyl (C=O) groups is 1. The number of nitrogens with one attached hydrogen (secondary N) is 2. The molecule has 0 radical (unpaired) electrons. The van der Waals surface area contributed by atoms with Gasteiger partial charge in [0.25, 0.3) is 0 Å². The van der Waals surface area contributed by atoms with E-state index in [0.29, 0.717) is 12.6 Å². The summed E-state index contributed by atoms with van der Waals surface area (Å²) < 4.78 is 0. The van der Waals surface area contributed by atoms with Crippen molar-refractivity contribution in [3.05, 3.63) is 42.1 Å². The van der Waals surface area contributed by atoms with Crippen molar-refractivity contribution < 1.29 is 4.79 Å². The molecule has 1 aromatic carbocycles. The van der Waals surface area contributed by atoms with Crippen LogP contribution in [0.4, 0.5) is 4.79 Å². The molecule has 1 aliphatic heterocycles. The second kappa shape index (κ2) is 6.80. The van der Waals surface area contributed by atoms with Crippen LogP contribution >= 0.6 is 11.8 Å². The van der Waals surface area contributed by atoms with Crippen LogP contribution in [0.3, 0.4) is 0 Å². The van der Waals surface area contributed by atoms with E-state index >= 15 is 0 Å². The summed E-state index contributed by atoms with van der Waals surface area (Å²) in [5, 5.41) is 7.09. The van der Waals surface area contributed by atoms with E-state index in [2.05, 4.69) is 15.6 Å². The summed E-state index contributed by atoms with van der Waals surface area (Å²) in [6, 6.07) is 10.2. The molecule has 2 aromatic rings. The zero-order chi connectivity index (χ0) is 14.5. The van der Waals surface area contributed by atoms with Gasteiger partial charge in [0.2, 0.25) is 0 Å². The monoisotopic (exact) mass is 301 g/mol. The Kier molecular flexibility index (Phi) is 4.60. The molecule has 2 amide bonds. The minimum absolute atomic E-state index is 0.0835. The van der Waals surface area contributed by atoms with Crippen molar-refractivity contribution in [1.82, 2.24) is 15.6 Å². The van der Waals surface area contributed by atoms with Gasteiger partial charge in [0, 0.05) is 24.2 Å². The number of amides is 2. The van der Waals surface area contributed by atoms with E-state index in [1.54, 1.807) is 6.20 Å². The number of aromatic nitrogens is 1. The van der Waals surface area contributed by atoms with Crippen molar-refractivity contribution in [3.63, 3.8) is 0 Å². The number of nitrogens with zero attached hydrogens (tertiary/aromatic N) is 1. The number of benzene rings is 1. The third-order valence-corrected chi connectivity index (χ3v) is 4.76. The number of carbonyl (C=O) groups excluding carboxylic acids is 1. The minimum Gasteiger partial charge on any atom is -0.335 e. The smallest absolute Gasteiger partial charge is 0.315 e. The third kappa shape index (κ3) is 3.67. The fourth-order valence-corrected chi connectivity index (χ4v) is 3.67. The summed E-state index contributed by atoms with van der Waals surface area (Å²) in [6.45, 7) is 0.502. The van der Waals surface area contributed by atoms with Gasteiger partial charge < -0.3 is 10.6 Å². The molecule has 0 aliphatic carbocycles. The largest absolute Gasteiger partial charge is 0.335 e. The molecular weight excluding hydrogens is 282 g/mol. The van der Waals surface area contributed by atoms with Crippen LogP contribution in [-0.4, -0.2) is 28.6 Å². The minimum atomic E-state index is -0.0835. The molecule has 2 N–H and O–H groups in total. The van der Waals surface area contributed by atoms with Gasteiger partial charge in [0.05, 0.1) is 5.52 Å². The Bertz CT molecular complexity index is 620. The average Bonchev–Trinajstić information content (AvgIpc) is 2.54. The Balaban J connectivity index is 1.59. The van der Waals surface area contributed by atoms with Crippen LogP contribution in [0.15, 0.2) is 36.5 Å². The van der Waals surface area contributed by atoms with Crippen LogP contribution in [-0.2, 0) is 6.54 Å². The first-order chi connectivity index (χ1) is 10.3. The van der Waals surface area contributed by atoms with Crippen LogP contribution in [0.5, 0.6) is 0 Å².